The first kappa shape index (κ1) is 13.5. The zero-order valence-corrected chi connectivity index (χ0v) is 10.8. The van der Waals surface area contributed by atoms with E-state index in [1.54, 1.807) is 0 Å². The van der Waals surface area contributed by atoms with Crippen LogP contribution >= 0.6 is 0 Å². The molecule has 0 heterocycles. The zero-order valence-electron chi connectivity index (χ0n) is 10.8. The van der Waals surface area contributed by atoms with Crippen LogP contribution in [0.3, 0.4) is 0 Å². The minimum atomic E-state index is 1.30. The summed E-state index contributed by atoms with van der Waals surface area (Å²) in [6.45, 7) is 0. The fourth-order valence-electron chi connectivity index (χ4n) is 2.23. The van der Waals surface area contributed by atoms with Crippen LogP contribution in [0.1, 0.15) is 77.0 Å². The summed E-state index contributed by atoms with van der Waals surface area (Å²) < 4.78 is 0. The summed E-state index contributed by atoms with van der Waals surface area (Å²) in [6, 6.07) is 0. The molecule has 1 rings (SSSR count). The molecular formula is C16H28. The smallest absolute Gasteiger partial charge is 0.0351 e. The van der Waals surface area contributed by atoms with Crippen molar-refractivity contribution in [3.05, 3.63) is 24.3 Å². The van der Waals surface area contributed by atoms with Crippen LogP contribution in [0.15, 0.2) is 24.3 Å². The van der Waals surface area contributed by atoms with E-state index < -0.39 is 0 Å². The Balaban J connectivity index is 2.13. The van der Waals surface area contributed by atoms with Crippen LogP contribution in [-0.2, 0) is 0 Å². The predicted octanol–water partition coefficient (Wildman–Crippen LogP) is 5.79. The van der Waals surface area contributed by atoms with Crippen molar-refractivity contribution in [2.45, 2.75) is 77.0 Å². The standard InChI is InChI=1S/C16H28/c1-2-4-6-8-10-12-14-16-15-13-11-9-7-5-3-1/h1-2,15-16H,3-14H2/b2-1+,16-15+. The highest BCUT2D eigenvalue weighted by molar-refractivity contribution is 4.83. The molecule has 0 aromatic carbocycles. The average molecular weight is 220 g/mol. The summed E-state index contributed by atoms with van der Waals surface area (Å²) >= 11 is 0. The van der Waals surface area contributed by atoms with E-state index in [4.69, 9.17) is 0 Å². The van der Waals surface area contributed by atoms with Gasteiger partial charge < -0.3 is 0 Å². The van der Waals surface area contributed by atoms with Gasteiger partial charge in [-0.1, -0.05) is 50.0 Å². The molecule has 0 bridgehead atoms. The summed E-state index contributed by atoms with van der Waals surface area (Å²) in [5.41, 5.74) is 0. The Labute approximate surface area is 102 Å². The maximum Gasteiger partial charge on any atom is -0.0351 e. The van der Waals surface area contributed by atoms with Crippen molar-refractivity contribution in [3.8, 4) is 0 Å². The van der Waals surface area contributed by atoms with Crippen molar-refractivity contribution in [3.63, 3.8) is 0 Å². The first-order valence-electron chi connectivity index (χ1n) is 7.30. The third kappa shape index (κ3) is 8.76. The predicted molar refractivity (Wildman–Crippen MR) is 73.7 cm³/mol. The molecule has 1 aliphatic carbocycles. The average Bonchev–Trinajstić information content (AvgIpc) is 2.29. The molecule has 0 unspecified atom stereocenters. The van der Waals surface area contributed by atoms with Crippen molar-refractivity contribution in [1.29, 1.82) is 0 Å². The molecule has 16 heavy (non-hydrogen) atoms. The van der Waals surface area contributed by atoms with Crippen molar-refractivity contribution < 1.29 is 0 Å². The van der Waals surface area contributed by atoms with Gasteiger partial charge in [0, 0.05) is 0 Å². The van der Waals surface area contributed by atoms with Gasteiger partial charge in [0.05, 0.1) is 0 Å². The van der Waals surface area contributed by atoms with Gasteiger partial charge in [-0.05, 0) is 51.4 Å². The molecule has 0 aliphatic heterocycles. The molecule has 0 fully saturated rings. The van der Waals surface area contributed by atoms with E-state index >= 15 is 0 Å². The third-order valence-corrected chi connectivity index (χ3v) is 3.32. The van der Waals surface area contributed by atoms with Gasteiger partial charge >= 0.3 is 0 Å². The van der Waals surface area contributed by atoms with Gasteiger partial charge in [-0.25, -0.2) is 0 Å². The normalized spacial score (nSPS) is 26.0. The molecule has 0 radical (unpaired) electrons. The maximum absolute atomic E-state index is 2.39. The van der Waals surface area contributed by atoms with Crippen LogP contribution in [0.25, 0.3) is 0 Å². The highest BCUT2D eigenvalue weighted by Crippen LogP contribution is 2.10. The molecule has 0 N–H and O–H groups in total. The Morgan fingerprint density at radius 1 is 0.312 bits per heavy atom. The number of hydrogen-bond acceptors (Lipinski definition) is 0. The number of hydrogen-bond donors (Lipinski definition) is 0. The van der Waals surface area contributed by atoms with Crippen LogP contribution in [-0.4, -0.2) is 0 Å². The molecule has 0 saturated heterocycles. The Hall–Kier alpha value is -0.520. The molecule has 1 aliphatic rings. The first-order chi connectivity index (χ1) is 8.00. The Kier molecular flexibility index (Phi) is 9.30. The quantitative estimate of drug-likeness (QED) is 0.453. The maximum atomic E-state index is 2.39. The molecule has 0 heteroatoms. The van der Waals surface area contributed by atoms with Crippen LogP contribution in [0, 0.1) is 0 Å². The van der Waals surface area contributed by atoms with Crippen LogP contribution in [0.2, 0.25) is 0 Å². The summed E-state index contributed by atoms with van der Waals surface area (Å²) in [6.07, 6.45) is 26.0. The van der Waals surface area contributed by atoms with Gasteiger partial charge in [-0.15, -0.1) is 0 Å². The summed E-state index contributed by atoms with van der Waals surface area (Å²) in [5, 5.41) is 0. The van der Waals surface area contributed by atoms with Crippen molar-refractivity contribution in [1.82, 2.24) is 0 Å². The van der Waals surface area contributed by atoms with E-state index in [1.165, 1.54) is 77.0 Å². The van der Waals surface area contributed by atoms with Gasteiger partial charge in [-0.3, -0.25) is 0 Å². The van der Waals surface area contributed by atoms with E-state index in [1.807, 2.05) is 0 Å². The monoisotopic (exact) mass is 220 g/mol. The van der Waals surface area contributed by atoms with E-state index in [2.05, 4.69) is 24.3 Å². The molecule has 0 atom stereocenters. The van der Waals surface area contributed by atoms with Gasteiger partial charge in [0.1, 0.15) is 0 Å². The van der Waals surface area contributed by atoms with Gasteiger partial charge in [0.25, 0.3) is 0 Å². The second-order valence-corrected chi connectivity index (χ2v) is 4.93. The van der Waals surface area contributed by atoms with Crippen LogP contribution < -0.4 is 0 Å². The SMILES string of the molecule is C1=C/CCCCCC/C=C/CCCCCC/1. The van der Waals surface area contributed by atoms with E-state index in [0.717, 1.165) is 0 Å². The molecule has 92 valence electrons. The molecule has 0 aromatic heterocycles. The van der Waals surface area contributed by atoms with Crippen molar-refractivity contribution in [2.75, 3.05) is 0 Å². The summed E-state index contributed by atoms with van der Waals surface area (Å²) in [5.74, 6) is 0. The van der Waals surface area contributed by atoms with Crippen molar-refractivity contribution >= 4 is 0 Å². The van der Waals surface area contributed by atoms with E-state index in [0.29, 0.717) is 0 Å². The van der Waals surface area contributed by atoms with Crippen LogP contribution in [0.5, 0.6) is 0 Å². The fraction of sp³-hybridized carbons (Fsp3) is 0.750. The molecule has 0 nitrogen and oxygen atoms in total. The highest BCUT2D eigenvalue weighted by Gasteiger charge is 1.90. The second-order valence-electron chi connectivity index (χ2n) is 4.93. The van der Waals surface area contributed by atoms with Crippen LogP contribution in [0.4, 0.5) is 0 Å². The minimum absolute atomic E-state index is 1.30. The van der Waals surface area contributed by atoms with Crippen molar-refractivity contribution in [2.24, 2.45) is 0 Å². The van der Waals surface area contributed by atoms with E-state index in [9.17, 15) is 0 Å². The highest BCUT2D eigenvalue weighted by atomic mass is 14.0. The second kappa shape index (κ2) is 11.0. The number of allylic oxidation sites excluding steroid dienone is 4. The van der Waals surface area contributed by atoms with E-state index in [-0.39, 0.29) is 0 Å². The lowest BCUT2D eigenvalue weighted by molar-refractivity contribution is 0.638. The molecule has 0 spiro atoms. The topological polar surface area (TPSA) is 0 Å². The Bertz CT molecular complexity index is 146. The van der Waals surface area contributed by atoms with Gasteiger partial charge in [0.2, 0.25) is 0 Å². The molecule has 0 amide bonds. The molecule has 0 aromatic rings. The molecule has 0 saturated carbocycles. The Morgan fingerprint density at radius 2 is 0.562 bits per heavy atom. The fourth-order valence-corrected chi connectivity index (χ4v) is 2.23. The summed E-state index contributed by atoms with van der Waals surface area (Å²) in [7, 11) is 0. The number of rotatable bonds is 0. The first-order valence-corrected chi connectivity index (χ1v) is 7.30. The minimum Gasteiger partial charge on any atom is -0.0885 e. The Morgan fingerprint density at radius 3 is 0.812 bits per heavy atom. The van der Waals surface area contributed by atoms with Gasteiger partial charge in [-0.2, -0.15) is 0 Å². The zero-order chi connectivity index (χ0) is 11.3. The lowest BCUT2D eigenvalue weighted by Crippen LogP contribution is -1.80. The largest absolute Gasteiger partial charge is 0.0885 e. The third-order valence-electron chi connectivity index (χ3n) is 3.32. The lowest BCUT2D eigenvalue weighted by atomic mass is 10.1. The summed E-state index contributed by atoms with van der Waals surface area (Å²) in [4.78, 5) is 0. The molecular weight excluding hydrogens is 192 g/mol. The van der Waals surface area contributed by atoms with Gasteiger partial charge in [0.15, 0.2) is 0 Å². The lowest BCUT2D eigenvalue weighted by Gasteiger charge is -2.00.